The second-order valence-electron chi connectivity index (χ2n) is 10.4. The first kappa shape index (κ1) is 24.4. The van der Waals surface area contributed by atoms with Crippen molar-refractivity contribution in [2.75, 3.05) is 6.54 Å². The van der Waals surface area contributed by atoms with Crippen LogP contribution in [0.3, 0.4) is 0 Å². The molecule has 1 aliphatic carbocycles. The molecule has 1 aromatic carbocycles. The van der Waals surface area contributed by atoms with E-state index in [4.69, 9.17) is 4.74 Å². The molecule has 0 spiro atoms. The average molecular weight is 455 g/mol. The summed E-state index contributed by atoms with van der Waals surface area (Å²) in [4.78, 5) is 27.6. The monoisotopic (exact) mass is 454 g/mol. The van der Waals surface area contributed by atoms with Crippen LogP contribution < -0.4 is 5.32 Å². The predicted molar refractivity (Wildman–Crippen MR) is 115 cm³/mol. The number of rotatable bonds is 3. The number of hydrogen-bond acceptors (Lipinski definition) is 3. The summed E-state index contributed by atoms with van der Waals surface area (Å²) in [5, 5.41) is 2.89. The molecule has 2 aliphatic rings. The first-order valence-corrected chi connectivity index (χ1v) is 11.2. The van der Waals surface area contributed by atoms with Gasteiger partial charge in [0.2, 0.25) is 5.91 Å². The molecule has 0 bridgehead atoms. The Morgan fingerprint density at radius 3 is 2.47 bits per heavy atom. The fraction of sp³-hybridized carbons (Fsp3) is 0.667. The molecule has 0 saturated heterocycles. The number of carbonyl (C=O) groups is 2. The number of alkyl carbamates (subject to hydrolysis) is 1. The molecule has 3 rings (SSSR count). The fourth-order valence-electron chi connectivity index (χ4n) is 4.86. The number of nitrogens with zero attached hydrogens (tertiary/aromatic N) is 1. The Hall–Kier alpha value is -2.25. The van der Waals surface area contributed by atoms with Gasteiger partial charge >= 0.3 is 12.3 Å². The van der Waals surface area contributed by atoms with E-state index in [1.807, 2.05) is 13.8 Å². The zero-order valence-electron chi connectivity index (χ0n) is 19.4. The van der Waals surface area contributed by atoms with Gasteiger partial charge in [-0.05, 0) is 75.6 Å². The van der Waals surface area contributed by atoms with E-state index < -0.39 is 28.8 Å². The van der Waals surface area contributed by atoms with Crippen molar-refractivity contribution in [3.05, 3.63) is 34.9 Å². The number of nitrogens with one attached hydrogen (secondary N) is 1. The van der Waals surface area contributed by atoms with Crippen LogP contribution in [-0.4, -0.2) is 35.1 Å². The summed E-state index contributed by atoms with van der Waals surface area (Å²) in [6.07, 6.45) is -2.60. The van der Waals surface area contributed by atoms with Crippen molar-refractivity contribution >= 4 is 12.0 Å². The number of halogens is 3. The highest BCUT2D eigenvalue weighted by Gasteiger charge is 2.50. The van der Waals surface area contributed by atoms with Gasteiger partial charge in [0, 0.05) is 19.1 Å². The third-order valence-corrected chi connectivity index (χ3v) is 6.63. The van der Waals surface area contributed by atoms with Gasteiger partial charge in [-0.2, -0.15) is 13.2 Å². The molecule has 2 unspecified atom stereocenters. The molecule has 1 aromatic rings. The largest absolute Gasteiger partial charge is 0.444 e. The smallest absolute Gasteiger partial charge is 0.416 e. The number of alkyl halides is 3. The zero-order valence-corrected chi connectivity index (χ0v) is 19.4. The minimum absolute atomic E-state index is 0.0309. The Labute approximate surface area is 187 Å². The van der Waals surface area contributed by atoms with E-state index in [-0.39, 0.29) is 24.4 Å². The van der Waals surface area contributed by atoms with Crippen LogP contribution in [0.5, 0.6) is 0 Å². The average Bonchev–Trinajstić information content (AvgIpc) is 3.09. The van der Waals surface area contributed by atoms with Gasteiger partial charge in [-0.15, -0.1) is 0 Å². The molecule has 5 nitrogen and oxygen atoms in total. The van der Waals surface area contributed by atoms with Crippen LogP contribution in [0.15, 0.2) is 18.2 Å². The summed E-state index contributed by atoms with van der Waals surface area (Å²) in [7, 11) is 0. The SMILES string of the molecule is CC(C)C1(C(=O)N2CCc3ccc(C(F)(F)F)cc3C2)CCC(NC(=O)OC(C)(C)C)C1. The normalized spacial score (nSPS) is 23.8. The van der Waals surface area contributed by atoms with Crippen molar-refractivity contribution in [1.82, 2.24) is 10.2 Å². The van der Waals surface area contributed by atoms with Crippen molar-refractivity contribution in [2.24, 2.45) is 11.3 Å². The van der Waals surface area contributed by atoms with Gasteiger partial charge in [0.1, 0.15) is 5.60 Å². The van der Waals surface area contributed by atoms with Crippen LogP contribution in [-0.2, 0) is 28.7 Å². The van der Waals surface area contributed by atoms with Crippen molar-refractivity contribution in [3.63, 3.8) is 0 Å². The molecule has 2 amide bonds. The third-order valence-electron chi connectivity index (χ3n) is 6.63. The van der Waals surface area contributed by atoms with Crippen LogP contribution in [0.1, 0.15) is 70.6 Å². The molecule has 8 heteroatoms. The van der Waals surface area contributed by atoms with Crippen LogP contribution in [0.2, 0.25) is 0 Å². The molecule has 1 aliphatic heterocycles. The lowest BCUT2D eigenvalue weighted by molar-refractivity contribution is -0.145. The number of carbonyl (C=O) groups excluding carboxylic acids is 2. The third kappa shape index (κ3) is 5.21. The lowest BCUT2D eigenvalue weighted by Gasteiger charge is -2.39. The van der Waals surface area contributed by atoms with E-state index in [2.05, 4.69) is 5.32 Å². The fourth-order valence-corrected chi connectivity index (χ4v) is 4.86. The van der Waals surface area contributed by atoms with Gasteiger partial charge in [-0.3, -0.25) is 4.79 Å². The van der Waals surface area contributed by atoms with Crippen LogP contribution in [0, 0.1) is 11.3 Å². The number of hydrogen-bond donors (Lipinski definition) is 1. The highest BCUT2D eigenvalue weighted by molar-refractivity contribution is 5.84. The molecule has 178 valence electrons. The summed E-state index contributed by atoms with van der Waals surface area (Å²) < 4.78 is 44.8. The standard InChI is InChI=1S/C24H33F3N2O3/c1-15(2)23(10-8-19(13-23)28-21(31)32-22(3,4)5)20(30)29-11-9-16-6-7-18(24(25,26)27)12-17(16)14-29/h6-7,12,15,19H,8-11,13-14H2,1-5H3,(H,28,31). The highest BCUT2D eigenvalue weighted by Crippen LogP contribution is 2.46. The summed E-state index contributed by atoms with van der Waals surface area (Å²) >= 11 is 0. The van der Waals surface area contributed by atoms with Crippen molar-refractivity contribution < 1.29 is 27.5 Å². The van der Waals surface area contributed by atoms with Crippen LogP contribution >= 0.6 is 0 Å². The molecular formula is C24H33F3N2O3. The summed E-state index contributed by atoms with van der Waals surface area (Å²) in [6.45, 7) is 10.0. The lowest BCUT2D eigenvalue weighted by Crippen LogP contribution is -2.48. The van der Waals surface area contributed by atoms with E-state index in [9.17, 15) is 22.8 Å². The maximum atomic E-state index is 13.7. The Bertz CT molecular complexity index is 876. The quantitative estimate of drug-likeness (QED) is 0.673. The maximum Gasteiger partial charge on any atom is 0.416 e. The van der Waals surface area contributed by atoms with E-state index in [0.717, 1.165) is 11.6 Å². The minimum Gasteiger partial charge on any atom is -0.444 e. The van der Waals surface area contributed by atoms with Gasteiger partial charge in [0.15, 0.2) is 0 Å². The first-order chi connectivity index (χ1) is 14.7. The van der Waals surface area contributed by atoms with Crippen LogP contribution in [0.25, 0.3) is 0 Å². The Morgan fingerprint density at radius 2 is 1.88 bits per heavy atom. The van der Waals surface area contributed by atoms with E-state index in [1.165, 1.54) is 12.1 Å². The number of ether oxygens (including phenoxy) is 1. The number of fused-ring (bicyclic) bond motifs is 1. The summed E-state index contributed by atoms with van der Waals surface area (Å²) in [5.41, 5.74) is -0.536. The summed E-state index contributed by atoms with van der Waals surface area (Å²) in [5.74, 6) is -0.00704. The van der Waals surface area contributed by atoms with Crippen LogP contribution in [0.4, 0.5) is 18.0 Å². The molecule has 1 fully saturated rings. The highest BCUT2D eigenvalue weighted by atomic mass is 19.4. The van der Waals surface area contributed by atoms with Gasteiger partial charge in [0.05, 0.1) is 11.0 Å². The van der Waals surface area contributed by atoms with E-state index in [0.29, 0.717) is 37.8 Å². The second kappa shape index (κ2) is 8.60. The van der Waals surface area contributed by atoms with Crippen molar-refractivity contribution in [3.8, 4) is 0 Å². The van der Waals surface area contributed by atoms with Gasteiger partial charge in [-0.25, -0.2) is 4.79 Å². The first-order valence-electron chi connectivity index (χ1n) is 11.2. The minimum atomic E-state index is -4.41. The number of benzene rings is 1. The number of amides is 2. The Morgan fingerprint density at radius 1 is 1.19 bits per heavy atom. The van der Waals surface area contributed by atoms with Gasteiger partial charge < -0.3 is 15.0 Å². The molecule has 0 aromatic heterocycles. The molecular weight excluding hydrogens is 421 g/mol. The molecule has 0 radical (unpaired) electrons. The maximum absolute atomic E-state index is 13.7. The lowest BCUT2D eigenvalue weighted by atomic mass is 9.74. The second-order valence-corrected chi connectivity index (χ2v) is 10.4. The van der Waals surface area contributed by atoms with E-state index >= 15 is 0 Å². The van der Waals surface area contributed by atoms with Gasteiger partial charge in [0.25, 0.3) is 0 Å². The molecule has 1 N–H and O–H groups in total. The molecule has 32 heavy (non-hydrogen) atoms. The molecule has 1 saturated carbocycles. The summed E-state index contributed by atoms with van der Waals surface area (Å²) in [6, 6.07) is 3.62. The Kier molecular flexibility index (Phi) is 6.55. The topological polar surface area (TPSA) is 58.6 Å². The zero-order chi connectivity index (χ0) is 23.9. The van der Waals surface area contributed by atoms with Crippen molar-refractivity contribution in [2.45, 2.75) is 84.7 Å². The Balaban J connectivity index is 1.74. The van der Waals surface area contributed by atoms with Gasteiger partial charge in [-0.1, -0.05) is 19.9 Å². The predicted octanol–water partition coefficient (Wildman–Crippen LogP) is 5.31. The van der Waals surface area contributed by atoms with E-state index in [1.54, 1.807) is 25.7 Å². The molecule has 2 atom stereocenters. The molecule has 1 heterocycles. The van der Waals surface area contributed by atoms with Crippen molar-refractivity contribution in [1.29, 1.82) is 0 Å².